The summed E-state index contributed by atoms with van der Waals surface area (Å²) in [5, 5.41) is 2.96. The van der Waals surface area contributed by atoms with Crippen LogP contribution in [0.1, 0.15) is 170 Å². The van der Waals surface area contributed by atoms with E-state index >= 15 is 0 Å². The molecule has 0 fully saturated rings. The predicted octanol–water partition coefficient (Wildman–Crippen LogP) is 19.4. The van der Waals surface area contributed by atoms with Crippen molar-refractivity contribution in [1.29, 1.82) is 0 Å². The maximum atomic E-state index is 9.77. The van der Waals surface area contributed by atoms with Gasteiger partial charge in [-0.3, -0.25) is 0 Å². The van der Waals surface area contributed by atoms with Crippen molar-refractivity contribution in [2.24, 2.45) is 0 Å². The van der Waals surface area contributed by atoms with Crippen LogP contribution in [0.15, 0.2) is 175 Å². The van der Waals surface area contributed by atoms with Crippen molar-refractivity contribution in [2.75, 3.05) is 0 Å². The van der Waals surface area contributed by atoms with Crippen molar-refractivity contribution >= 4 is 52.3 Å². The topological polar surface area (TPSA) is 0 Å². The zero-order chi connectivity index (χ0) is 53.2. The maximum absolute atomic E-state index is 9.77. The molecule has 0 nitrogen and oxygen atoms in total. The zero-order valence-electron chi connectivity index (χ0n) is 46.5. The molecular formula is C72H75Cl2SiZr. The third-order valence-corrected chi connectivity index (χ3v) is 40.2. The van der Waals surface area contributed by atoms with E-state index in [9.17, 15) is 17.0 Å². The van der Waals surface area contributed by atoms with Crippen LogP contribution >= 0.6 is 17.0 Å². The Labute approximate surface area is 465 Å². The first-order chi connectivity index (χ1) is 36.6. The van der Waals surface area contributed by atoms with Gasteiger partial charge in [0, 0.05) is 0 Å². The molecule has 0 amide bonds. The summed E-state index contributed by atoms with van der Waals surface area (Å²) in [6, 6.07) is 63.1. The number of fused-ring (bicyclic) bond motifs is 5. The Morgan fingerprint density at radius 3 is 1.25 bits per heavy atom. The second-order valence-corrected chi connectivity index (χ2v) is 46.2. The van der Waals surface area contributed by atoms with Gasteiger partial charge in [0.1, 0.15) is 0 Å². The van der Waals surface area contributed by atoms with Crippen LogP contribution in [0.4, 0.5) is 0 Å². The van der Waals surface area contributed by atoms with E-state index in [2.05, 4.69) is 245 Å². The van der Waals surface area contributed by atoms with Crippen molar-refractivity contribution in [2.45, 2.75) is 126 Å². The summed E-state index contributed by atoms with van der Waals surface area (Å²) in [6.07, 6.45) is 9.04. The van der Waals surface area contributed by atoms with Crippen molar-refractivity contribution in [3.05, 3.63) is 219 Å². The Kier molecular flexibility index (Phi) is 14.6. The zero-order valence-corrected chi connectivity index (χ0v) is 51.9. The summed E-state index contributed by atoms with van der Waals surface area (Å²) in [5.74, 6) is 1.51. The van der Waals surface area contributed by atoms with Gasteiger partial charge in [-0.2, -0.15) is 0 Å². The minimum atomic E-state index is -5.92. The summed E-state index contributed by atoms with van der Waals surface area (Å²) >= 11 is -5.92. The summed E-state index contributed by atoms with van der Waals surface area (Å²) < 4.78 is 0.950. The minimum absolute atomic E-state index is 0.171. The number of halogens is 2. The number of benzene rings is 8. The van der Waals surface area contributed by atoms with Crippen molar-refractivity contribution in [3.63, 3.8) is 0 Å². The van der Waals surface area contributed by atoms with E-state index in [1.54, 1.807) is 0 Å². The number of hydrogen-bond donors (Lipinski definition) is 0. The molecule has 11 rings (SSSR count). The second kappa shape index (κ2) is 20.9. The fourth-order valence-corrected chi connectivity index (χ4v) is 41.7. The van der Waals surface area contributed by atoms with Gasteiger partial charge >= 0.3 is 470 Å². The summed E-state index contributed by atoms with van der Waals surface area (Å²) in [7, 11) is 18.6. The van der Waals surface area contributed by atoms with Crippen molar-refractivity contribution in [3.8, 4) is 55.6 Å². The predicted molar refractivity (Wildman–Crippen MR) is 333 cm³/mol. The molecular weight excluding hydrogens is 1060 g/mol. The molecule has 0 spiro atoms. The van der Waals surface area contributed by atoms with E-state index in [1.165, 1.54) is 125 Å². The summed E-state index contributed by atoms with van der Waals surface area (Å²) in [4.78, 5) is 0. The molecule has 0 saturated heterocycles. The molecule has 385 valence electrons. The normalized spacial score (nSPS) is 16.5. The van der Waals surface area contributed by atoms with Gasteiger partial charge in [0.25, 0.3) is 0 Å². The monoisotopic (exact) mass is 1130 g/mol. The van der Waals surface area contributed by atoms with Crippen molar-refractivity contribution in [1.82, 2.24) is 0 Å². The molecule has 1 heterocycles. The standard InChI is InChI=1S/2C30H33.C12H9Si.2ClH.Zr/c2*1-6-10-22-15-24-13-14-28(23-11-8-7-9-12-23)30(29(24)16-22)27-18-25(20(2)3)17-26(19-27)21(4)5;1-3-7-11-9(5-1)10-6-2-4-8-12(10)13-11;;;/h2*7-9,11-21H,6,10H2,1-5H3;1-7H,13H2;2*1H;/q;;;;;+2/p-2. The average Bonchev–Trinajstić information content (AvgIpc) is 4.24. The van der Waals surface area contributed by atoms with Gasteiger partial charge in [0.15, 0.2) is 0 Å². The van der Waals surface area contributed by atoms with E-state index in [4.69, 9.17) is 0 Å². The molecule has 2 atom stereocenters. The Bertz CT molecular complexity index is 3360. The molecule has 0 radical (unpaired) electrons. The SMILES string of the molecule is CCCC1=Cc2c(ccc(-c3ccccc3)c2-c2cc(C(C)C)cc(C(C)C)c2)[CH]1[Zr]([Cl])([Cl])([c]1cccc2c1[SiH2]c1ccccc1-2)[CH]1C(CCC)=Cc2c1ccc(-c1ccccc1)c2-c1cc(C(C)C)cc(C(C)C)c1. The van der Waals surface area contributed by atoms with Gasteiger partial charge in [0.05, 0.1) is 0 Å². The molecule has 4 heteroatoms. The van der Waals surface area contributed by atoms with Crippen molar-refractivity contribution < 1.29 is 16.4 Å². The quantitative estimate of drug-likeness (QED) is 0.0898. The third-order valence-electron chi connectivity index (χ3n) is 17.5. The van der Waals surface area contributed by atoms with Crippen LogP contribution in [0, 0.1) is 0 Å². The van der Waals surface area contributed by atoms with Crippen LogP contribution in [0.25, 0.3) is 67.8 Å². The number of hydrogen-bond acceptors (Lipinski definition) is 0. The van der Waals surface area contributed by atoms with E-state index in [0.717, 1.165) is 25.7 Å². The van der Waals surface area contributed by atoms with Crippen LogP contribution in [-0.2, 0) is 16.4 Å². The molecule has 8 aromatic rings. The van der Waals surface area contributed by atoms with Gasteiger partial charge in [-0.15, -0.1) is 0 Å². The van der Waals surface area contributed by atoms with Gasteiger partial charge in [-0.1, -0.05) is 0 Å². The summed E-state index contributed by atoms with van der Waals surface area (Å²) in [5.41, 5.74) is 26.3. The molecule has 76 heavy (non-hydrogen) atoms. The molecule has 3 aliphatic rings. The molecule has 0 bridgehead atoms. The van der Waals surface area contributed by atoms with Crippen LogP contribution in [0.3, 0.4) is 0 Å². The third kappa shape index (κ3) is 9.00. The fraction of sp³-hybridized carbons (Fsp3) is 0.278. The van der Waals surface area contributed by atoms with E-state index in [1.807, 2.05) is 0 Å². The number of allylic oxidation sites excluding steroid dienone is 2. The van der Waals surface area contributed by atoms with Gasteiger partial charge in [0.2, 0.25) is 0 Å². The molecule has 0 N–H and O–H groups in total. The Morgan fingerprint density at radius 2 is 0.829 bits per heavy atom. The molecule has 2 unspecified atom stereocenters. The fourth-order valence-electron chi connectivity index (χ4n) is 13.7. The first-order valence-electron chi connectivity index (χ1n) is 28.5. The van der Waals surface area contributed by atoms with Crippen LogP contribution in [-0.4, -0.2) is 9.52 Å². The number of rotatable bonds is 15. The van der Waals surface area contributed by atoms with Crippen LogP contribution in [0.5, 0.6) is 0 Å². The molecule has 1 aliphatic heterocycles. The molecule has 2 aliphatic carbocycles. The second-order valence-electron chi connectivity index (χ2n) is 23.7. The van der Waals surface area contributed by atoms with E-state index in [0.29, 0.717) is 23.7 Å². The first-order valence-corrected chi connectivity index (χ1v) is 40.4. The van der Waals surface area contributed by atoms with Crippen LogP contribution < -0.4 is 13.6 Å². The Hall–Kier alpha value is -5.08. The van der Waals surface area contributed by atoms with Gasteiger partial charge < -0.3 is 0 Å². The molecule has 0 saturated carbocycles. The first kappa shape index (κ1) is 52.9. The van der Waals surface area contributed by atoms with E-state index < -0.39 is 25.9 Å². The van der Waals surface area contributed by atoms with Gasteiger partial charge in [-0.25, -0.2) is 0 Å². The summed E-state index contributed by atoms with van der Waals surface area (Å²) in [6.45, 7) is 23.3. The van der Waals surface area contributed by atoms with E-state index in [-0.39, 0.29) is 7.25 Å². The Balaban J connectivity index is 1.26. The average molecular weight is 1130 g/mol. The Morgan fingerprint density at radius 1 is 0.421 bits per heavy atom. The van der Waals surface area contributed by atoms with Crippen LogP contribution in [0.2, 0.25) is 0 Å². The molecule has 8 aromatic carbocycles. The molecule has 0 aromatic heterocycles. The van der Waals surface area contributed by atoms with Gasteiger partial charge in [-0.05, 0) is 0 Å².